The summed E-state index contributed by atoms with van der Waals surface area (Å²) in [6, 6.07) is 21.6. The highest BCUT2D eigenvalue weighted by molar-refractivity contribution is 6.92. The SMILES string of the molecule is CCCCCCCCCCCCCCO[Si](OCCCCCCCCCC)(c1ccccc1)c1ccccc1. The van der Waals surface area contributed by atoms with Crippen molar-refractivity contribution in [1.29, 1.82) is 0 Å². The van der Waals surface area contributed by atoms with Crippen LogP contribution >= 0.6 is 0 Å². The van der Waals surface area contributed by atoms with Crippen molar-refractivity contribution < 1.29 is 8.85 Å². The van der Waals surface area contributed by atoms with Crippen molar-refractivity contribution in [3.8, 4) is 0 Å². The van der Waals surface area contributed by atoms with Crippen LogP contribution in [0.3, 0.4) is 0 Å². The molecule has 3 heteroatoms. The minimum atomic E-state index is -2.73. The molecule has 0 amide bonds. The van der Waals surface area contributed by atoms with Crippen molar-refractivity contribution in [3.63, 3.8) is 0 Å². The van der Waals surface area contributed by atoms with E-state index in [0.717, 1.165) is 26.1 Å². The van der Waals surface area contributed by atoms with Crippen molar-refractivity contribution in [2.75, 3.05) is 13.2 Å². The Hall–Kier alpha value is -1.42. The number of benzene rings is 2. The van der Waals surface area contributed by atoms with Crippen molar-refractivity contribution in [2.45, 2.75) is 142 Å². The van der Waals surface area contributed by atoms with Gasteiger partial charge in [0.25, 0.3) is 0 Å². The van der Waals surface area contributed by atoms with Gasteiger partial charge in [-0.2, -0.15) is 0 Å². The van der Waals surface area contributed by atoms with Gasteiger partial charge in [0.15, 0.2) is 0 Å². The predicted molar refractivity (Wildman–Crippen MR) is 173 cm³/mol. The zero-order valence-electron chi connectivity index (χ0n) is 25.6. The van der Waals surface area contributed by atoms with Crippen LogP contribution in [0.15, 0.2) is 60.7 Å². The van der Waals surface area contributed by atoms with Gasteiger partial charge in [-0.05, 0) is 23.2 Å². The summed E-state index contributed by atoms with van der Waals surface area (Å²) in [5.74, 6) is 0. The van der Waals surface area contributed by atoms with Gasteiger partial charge in [0.2, 0.25) is 0 Å². The molecule has 2 aromatic rings. The molecule has 0 saturated heterocycles. The molecule has 0 bridgehead atoms. The van der Waals surface area contributed by atoms with E-state index in [1.54, 1.807) is 0 Å². The molecule has 220 valence electrons. The summed E-state index contributed by atoms with van der Waals surface area (Å²) in [5.41, 5.74) is 0. The van der Waals surface area contributed by atoms with Crippen LogP contribution in [0.5, 0.6) is 0 Å². The van der Waals surface area contributed by atoms with E-state index in [1.165, 1.54) is 126 Å². The van der Waals surface area contributed by atoms with Gasteiger partial charge in [-0.1, -0.05) is 190 Å². The molecule has 0 spiro atoms. The summed E-state index contributed by atoms with van der Waals surface area (Å²) < 4.78 is 13.8. The Morgan fingerprint density at radius 2 is 0.667 bits per heavy atom. The maximum atomic E-state index is 6.88. The fraction of sp³-hybridized carbons (Fsp3) is 0.667. The molecule has 39 heavy (non-hydrogen) atoms. The minimum Gasteiger partial charge on any atom is -0.388 e. The van der Waals surface area contributed by atoms with Crippen molar-refractivity contribution in [3.05, 3.63) is 60.7 Å². The van der Waals surface area contributed by atoms with E-state index in [9.17, 15) is 0 Å². The van der Waals surface area contributed by atoms with E-state index >= 15 is 0 Å². The highest BCUT2D eigenvalue weighted by Crippen LogP contribution is 2.16. The number of hydrogen-bond acceptors (Lipinski definition) is 2. The molecule has 2 rings (SSSR count). The summed E-state index contributed by atoms with van der Waals surface area (Å²) in [7, 11) is -2.73. The molecule has 0 fully saturated rings. The van der Waals surface area contributed by atoms with Crippen LogP contribution in [0.25, 0.3) is 0 Å². The molecule has 0 aliphatic rings. The van der Waals surface area contributed by atoms with Crippen LogP contribution in [-0.2, 0) is 8.85 Å². The first kappa shape index (κ1) is 33.8. The van der Waals surface area contributed by atoms with Crippen LogP contribution < -0.4 is 10.4 Å². The largest absolute Gasteiger partial charge is 0.407 e. The first-order valence-electron chi connectivity index (χ1n) is 16.7. The highest BCUT2D eigenvalue weighted by Gasteiger charge is 2.42. The fourth-order valence-electron chi connectivity index (χ4n) is 5.47. The van der Waals surface area contributed by atoms with Gasteiger partial charge in [-0.25, -0.2) is 0 Å². The van der Waals surface area contributed by atoms with Gasteiger partial charge in [-0.3, -0.25) is 0 Å². The Morgan fingerprint density at radius 1 is 0.385 bits per heavy atom. The van der Waals surface area contributed by atoms with Gasteiger partial charge >= 0.3 is 8.56 Å². The molecule has 0 aliphatic carbocycles. The van der Waals surface area contributed by atoms with Gasteiger partial charge in [0.1, 0.15) is 0 Å². The summed E-state index contributed by atoms with van der Waals surface area (Å²) in [4.78, 5) is 0. The molecule has 0 aliphatic heterocycles. The molecule has 0 aromatic heterocycles. The van der Waals surface area contributed by atoms with E-state index in [1.807, 2.05) is 0 Å². The van der Waals surface area contributed by atoms with E-state index in [4.69, 9.17) is 8.85 Å². The maximum Gasteiger partial charge on any atom is 0.407 e. The summed E-state index contributed by atoms with van der Waals surface area (Å²) >= 11 is 0. The first-order valence-corrected chi connectivity index (χ1v) is 18.5. The van der Waals surface area contributed by atoms with Crippen molar-refractivity contribution in [1.82, 2.24) is 0 Å². The molecule has 0 radical (unpaired) electrons. The Labute approximate surface area is 243 Å². The number of hydrogen-bond donors (Lipinski definition) is 0. The molecule has 0 unspecified atom stereocenters. The highest BCUT2D eigenvalue weighted by atomic mass is 28.4. The second kappa shape index (κ2) is 23.3. The lowest BCUT2D eigenvalue weighted by molar-refractivity contribution is 0.184. The van der Waals surface area contributed by atoms with E-state index in [0.29, 0.717) is 0 Å². The third-order valence-electron chi connectivity index (χ3n) is 7.91. The van der Waals surface area contributed by atoms with Gasteiger partial charge in [0, 0.05) is 13.2 Å². The van der Waals surface area contributed by atoms with Crippen LogP contribution in [0, 0.1) is 0 Å². The normalized spacial score (nSPS) is 11.7. The predicted octanol–water partition coefficient (Wildman–Crippen LogP) is 10.1. The third-order valence-corrected chi connectivity index (χ3v) is 11.3. The molecule has 0 heterocycles. The smallest absolute Gasteiger partial charge is 0.388 e. The standard InChI is InChI=1S/C36H60O2Si/c1-3-5-7-9-11-13-14-15-16-18-20-28-34-38-39(35-29-23-21-24-30-35,36-31-25-22-26-32-36)37-33-27-19-17-12-10-8-6-4-2/h21-26,29-32H,3-20,27-28,33-34H2,1-2H3. The van der Waals surface area contributed by atoms with Gasteiger partial charge < -0.3 is 8.85 Å². The Kier molecular flexibility index (Phi) is 20.2. The molecule has 0 atom stereocenters. The zero-order chi connectivity index (χ0) is 27.7. The maximum absolute atomic E-state index is 6.88. The molecule has 0 saturated carbocycles. The summed E-state index contributed by atoms with van der Waals surface area (Å²) in [6.45, 7) is 6.14. The Morgan fingerprint density at radius 3 is 0.974 bits per heavy atom. The van der Waals surface area contributed by atoms with E-state index < -0.39 is 8.56 Å². The van der Waals surface area contributed by atoms with Crippen LogP contribution in [0.1, 0.15) is 142 Å². The zero-order valence-corrected chi connectivity index (χ0v) is 26.6. The van der Waals surface area contributed by atoms with E-state index in [-0.39, 0.29) is 0 Å². The van der Waals surface area contributed by atoms with Gasteiger partial charge in [0.05, 0.1) is 0 Å². The second-order valence-electron chi connectivity index (χ2n) is 11.4. The lowest BCUT2D eigenvalue weighted by atomic mass is 10.1. The Bertz CT molecular complexity index is 740. The number of unbranched alkanes of at least 4 members (excludes halogenated alkanes) is 18. The first-order chi connectivity index (χ1) is 19.3. The lowest BCUT2D eigenvalue weighted by Crippen LogP contribution is -2.63. The lowest BCUT2D eigenvalue weighted by Gasteiger charge is -2.31. The summed E-state index contributed by atoms with van der Waals surface area (Å²) in [6.07, 6.45) is 26.8. The quantitative estimate of drug-likeness (QED) is 0.0853. The van der Waals surface area contributed by atoms with Crippen LogP contribution in [-0.4, -0.2) is 21.8 Å². The fourth-order valence-corrected chi connectivity index (χ4v) is 8.68. The Balaban J connectivity index is 1.81. The average Bonchev–Trinajstić information content (AvgIpc) is 2.98. The molecule has 2 aromatic carbocycles. The molecular weight excluding hydrogens is 492 g/mol. The third kappa shape index (κ3) is 14.7. The average molecular weight is 553 g/mol. The van der Waals surface area contributed by atoms with Crippen LogP contribution in [0.4, 0.5) is 0 Å². The van der Waals surface area contributed by atoms with E-state index in [2.05, 4.69) is 74.5 Å². The molecule has 2 nitrogen and oxygen atoms in total. The molecular formula is C36H60O2Si. The number of rotatable bonds is 26. The monoisotopic (exact) mass is 552 g/mol. The van der Waals surface area contributed by atoms with Crippen molar-refractivity contribution in [2.24, 2.45) is 0 Å². The topological polar surface area (TPSA) is 18.5 Å². The minimum absolute atomic E-state index is 0.781. The van der Waals surface area contributed by atoms with Gasteiger partial charge in [-0.15, -0.1) is 0 Å². The van der Waals surface area contributed by atoms with Crippen LogP contribution in [0.2, 0.25) is 0 Å². The molecule has 0 N–H and O–H groups in total. The second-order valence-corrected chi connectivity index (χ2v) is 14.4. The van der Waals surface area contributed by atoms with Crippen molar-refractivity contribution >= 4 is 18.9 Å². The summed E-state index contributed by atoms with van der Waals surface area (Å²) in [5, 5.41) is 2.46.